The molecule has 0 spiro atoms. The minimum atomic E-state index is -0.618. The minimum absolute atomic E-state index is 0.0366. The molecule has 4 rings (SSSR count). The maximum absolute atomic E-state index is 13.1. The fourth-order valence-corrected chi connectivity index (χ4v) is 4.95. The first-order chi connectivity index (χ1) is 12.7. The number of methoxy groups -OCH3 is 1. The highest BCUT2D eigenvalue weighted by Crippen LogP contribution is 2.41. The number of amides is 1. The molecule has 2 unspecified atom stereocenters. The first kappa shape index (κ1) is 17.5. The number of carbonyl (C=O) groups excluding carboxylic acids is 1. The van der Waals surface area contributed by atoms with Gasteiger partial charge in [0.05, 0.1) is 11.6 Å². The molecule has 0 aliphatic carbocycles. The average molecular weight is 436 g/mol. The fraction of sp³-hybridized carbons (Fsp3) is 0.316. The molecule has 2 aromatic carbocycles. The molecule has 1 amide bonds. The van der Waals surface area contributed by atoms with Gasteiger partial charge in [-0.2, -0.15) is 0 Å². The van der Waals surface area contributed by atoms with Crippen molar-refractivity contribution in [3.05, 3.63) is 52.5 Å². The second-order valence-corrected chi connectivity index (χ2v) is 8.06. The van der Waals surface area contributed by atoms with E-state index in [2.05, 4.69) is 15.9 Å². The van der Waals surface area contributed by atoms with Gasteiger partial charge in [-0.05, 0) is 45.8 Å². The van der Waals surface area contributed by atoms with Crippen molar-refractivity contribution < 1.29 is 19.0 Å². The van der Waals surface area contributed by atoms with E-state index >= 15 is 0 Å². The molecule has 0 bridgehead atoms. The lowest BCUT2D eigenvalue weighted by Crippen LogP contribution is -2.46. The maximum atomic E-state index is 13.1. The van der Waals surface area contributed by atoms with Crippen LogP contribution in [-0.2, 0) is 4.79 Å². The summed E-state index contributed by atoms with van der Waals surface area (Å²) >= 11 is 5.27. The van der Waals surface area contributed by atoms with Crippen LogP contribution < -0.4 is 14.2 Å². The largest absolute Gasteiger partial charge is 0.496 e. The Bertz CT molecular complexity index is 831. The Kier molecular flexibility index (Phi) is 5.00. The Morgan fingerprint density at radius 3 is 2.85 bits per heavy atom. The molecule has 0 N–H and O–H groups in total. The number of carbonyl (C=O) groups is 1. The minimum Gasteiger partial charge on any atom is -0.496 e. The normalized spacial score (nSPS) is 21.5. The van der Waals surface area contributed by atoms with Gasteiger partial charge in [0, 0.05) is 12.3 Å². The van der Waals surface area contributed by atoms with Crippen LogP contribution in [0.3, 0.4) is 0 Å². The molecule has 0 radical (unpaired) electrons. The number of hydrogen-bond acceptors (Lipinski definition) is 5. The van der Waals surface area contributed by atoms with Gasteiger partial charge in [-0.1, -0.05) is 18.2 Å². The zero-order valence-electron chi connectivity index (χ0n) is 14.2. The molecule has 0 saturated carbocycles. The summed E-state index contributed by atoms with van der Waals surface area (Å²) in [5.41, 5.74) is 1.06. The summed E-state index contributed by atoms with van der Waals surface area (Å²) in [6, 6.07) is 13.4. The van der Waals surface area contributed by atoms with Crippen molar-refractivity contribution in [2.24, 2.45) is 0 Å². The zero-order valence-corrected chi connectivity index (χ0v) is 16.6. The molecule has 1 saturated heterocycles. The summed E-state index contributed by atoms with van der Waals surface area (Å²) in [4.78, 5) is 14.9. The molecule has 26 heavy (non-hydrogen) atoms. The number of benzene rings is 2. The Labute approximate surface area is 164 Å². The monoisotopic (exact) mass is 435 g/mol. The summed E-state index contributed by atoms with van der Waals surface area (Å²) in [6.07, 6.45) is -0.618. The first-order valence-corrected chi connectivity index (χ1v) is 10.2. The second-order valence-electron chi connectivity index (χ2n) is 6.01. The summed E-state index contributed by atoms with van der Waals surface area (Å²) in [5, 5.41) is -0.0366. The van der Waals surface area contributed by atoms with E-state index < -0.39 is 6.10 Å². The molecule has 2 aliphatic rings. The van der Waals surface area contributed by atoms with Gasteiger partial charge in [0.1, 0.15) is 17.7 Å². The smallest absolute Gasteiger partial charge is 0.268 e. The van der Waals surface area contributed by atoms with E-state index in [4.69, 9.17) is 14.2 Å². The van der Waals surface area contributed by atoms with Crippen LogP contribution in [0.15, 0.2) is 46.9 Å². The highest BCUT2D eigenvalue weighted by Gasteiger charge is 2.37. The second kappa shape index (κ2) is 7.40. The van der Waals surface area contributed by atoms with Crippen LogP contribution in [0.25, 0.3) is 0 Å². The number of rotatable bonds is 3. The molecule has 5 nitrogen and oxygen atoms in total. The van der Waals surface area contributed by atoms with Crippen LogP contribution in [0.2, 0.25) is 0 Å². The molecule has 1 fully saturated rings. The molecule has 2 atom stereocenters. The molecule has 7 heteroatoms. The Morgan fingerprint density at radius 2 is 2.08 bits per heavy atom. The molecular formula is C19H18BrNO4S. The number of halogens is 1. The number of nitrogens with zero attached hydrogens (tertiary/aromatic N) is 1. The third kappa shape index (κ3) is 3.25. The van der Waals surface area contributed by atoms with Gasteiger partial charge in [0.2, 0.25) is 6.10 Å². The summed E-state index contributed by atoms with van der Waals surface area (Å²) < 4.78 is 17.8. The summed E-state index contributed by atoms with van der Waals surface area (Å²) in [5.74, 6) is 2.93. The summed E-state index contributed by atoms with van der Waals surface area (Å²) in [7, 11) is 1.64. The van der Waals surface area contributed by atoms with Gasteiger partial charge in [-0.3, -0.25) is 4.79 Å². The number of hydrogen-bond donors (Lipinski definition) is 0. The average Bonchev–Trinajstić information content (AvgIpc) is 3.16. The molecule has 0 aromatic heterocycles. The number of fused-ring (bicyclic) bond motifs is 1. The third-order valence-electron chi connectivity index (χ3n) is 4.42. The van der Waals surface area contributed by atoms with E-state index in [1.807, 2.05) is 47.4 Å². The fourth-order valence-electron chi connectivity index (χ4n) is 3.13. The number of thioether (sulfide) groups is 1. The molecule has 2 heterocycles. The predicted octanol–water partition coefficient (Wildman–Crippen LogP) is 3.87. The zero-order chi connectivity index (χ0) is 18.1. The highest BCUT2D eigenvalue weighted by molar-refractivity contribution is 9.10. The van der Waals surface area contributed by atoms with Crippen LogP contribution >= 0.6 is 27.7 Å². The van der Waals surface area contributed by atoms with Crippen molar-refractivity contribution in [3.63, 3.8) is 0 Å². The molecular weight excluding hydrogens is 418 g/mol. The van der Waals surface area contributed by atoms with E-state index in [1.54, 1.807) is 18.9 Å². The predicted molar refractivity (Wildman–Crippen MR) is 104 cm³/mol. The Morgan fingerprint density at radius 1 is 1.27 bits per heavy atom. The Balaban J connectivity index is 1.53. The van der Waals surface area contributed by atoms with Gasteiger partial charge in [0.25, 0.3) is 5.91 Å². The van der Waals surface area contributed by atoms with Crippen molar-refractivity contribution in [2.45, 2.75) is 11.5 Å². The lowest BCUT2D eigenvalue weighted by molar-refractivity contribution is -0.141. The first-order valence-electron chi connectivity index (χ1n) is 8.31. The van der Waals surface area contributed by atoms with Crippen LogP contribution in [0.4, 0.5) is 0 Å². The van der Waals surface area contributed by atoms with E-state index in [9.17, 15) is 4.79 Å². The number of ether oxygens (including phenoxy) is 3. The van der Waals surface area contributed by atoms with Gasteiger partial charge >= 0.3 is 0 Å². The highest BCUT2D eigenvalue weighted by atomic mass is 79.9. The molecule has 2 aliphatic heterocycles. The van der Waals surface area contributed by atoms with Gasteiger partial charge in [0.15, 0.2) is 11.5 Å². The van der Waals surface area contributed by atoms with E-state index in [0.29, 0.717) is 18.0 Å². The van der Waals surface area contributed by atoms with Crippen LogP contribution in [0.1, 0.15) is 10.9 Å². The van der Waals surface area contributed by atoms with Crippen molar-refractivity contribution in [2.75, 3.05) is 26.0 Å². The van der Waals surface area contributed by atoms with Crippen molar-refractivity contribution in [1.82, 2.24) is 4.90 Å². The maximum Gasteiger partial charge on any atom is 0.268 e. The SMILES string of the molecule is COc1ccc(C2SCCN2C(=O)C2COc3ccccc3O2)cc1Br. The summed E-state index contributed by atoms with van der Waals surface area (Å²) in [6.45, 7) is 0.926. The Hall–Kier alpha value is -1.86. The van der Waals surface area contributed by atoms with Crippen molar-refractivity contribution in [1.29, 1.82) is 0 Å². The van der Waals surface area contributed by atoms with Crippen molar-refractivity contribution in [3.8, 4) is 17.2 Å². The van der Waals surface area contributed by atoms with Gasteiger partial charge in [-0.25, -0.2) is 0 Å². The third-order valence-corrected chi connectivity index (χ3v) is 6.30. The molecule has 2 aromatic rings. The lowest BCUT2D eigenvalue weighted by atomic mass is 10.1. The van der Waals surface area contributed by atoms with Gasteiger partial charge < -0.3 is 19.1 Å². The van der Waals surface area contributed by atoms with Crippen LogP contribution in [0, 0.1) is 0 Å². The lowest BCUT2D eigenvalue weighted by Gasteiger charge is -2.31. The van der Waals surface area contributed by atoms with Crippen LogP contribution in [0.5, 0.6) is 17.2 Å². The quantitative estimate of drug-likeness (QED) is 0.731. The van der Waals surface area contributed by atoms with Crippen molar-refractivity contribution >= 4 is 33.6 Å². The van der Waals surface area contributed by atoms with E-state index in [0.717, 1.165) is 21.5 Å². The standard InChI is InChI=1S/C19H18BrNO4S/c1-23-14-7-6-12(10-13(14)20)19-21(8-9-26-19)18(22)17-11-24-15-4-2-3-5-16(15)25-17/h2-7,10,17,19H,8-9,11H2,1H3. The van der Waals surface area contributed by atoms with E-state index in [-0.39, 0.29) is 17.9 Å². The topological polar surface area (TPSA) is 48.0 Å². The van der Waals surface area contributed by atoms with Crippen LogP contribution in [-0.4, -0.2) is 42.9 Å². The van der Waals surface area contributed by atoms with E-state index in [1.165, 1.54) is 0 Å². The number of para-hydroxylation sites is 2. The molecule has 136 valence electrons. The van der Waals surface area contributed by atoms with Gasteiger partial charge in [-0.15, -0.1) is 11.8 Å².